The lowest BCUT2D eigenvalue weighted by Gasteiger charge is -2.38. The second kappa shape index (κ2) is 5.63. The molecule has 4 heteroatoms. The van der Waals surface area contributed by atoms with Crippen molar-refractivity contribution in [3.05, 3.63) is 22.4 Å². The molecule has 1 aliphatic heterocycles. The summed E-state index contributed by atoms with van der Waals surface area (Å²) in [6.07, 6.45) is 6.98. The number of rotatable bonds is 5. The molecule has 2 aliphatic rings. The maximum atomic E-state index is 12.6. The predicted octanol–water partition coefficient (Wildman–Crippen LogP) is 3.29. The first-order chi connectivity index (χ1) is 9.31. The highest BCUT2D eigenvalue weighted by atomic mass is 32.1. The van der Waals surface area contributed by atoms with E-state index in [2.05, 4.69) is 34.0 Å². The van der Waals surface area contributed by atoms with Crippen LogP contribution in [0.5, 0.6) is 0 Å². The minimum atomic E-state index is 0.0328. The van der Waals surface area contributed by atoms with E-state index in [9.17, 15) is 4.79 Å². The van der Waals surface area contributed by atoms with E-state index in [0.29, 0.717) is 11.9 Å². The van der Waals surface area contributed by atoms with Gasteiger partial charge < -0.3 is 4.90 Å². The van der Waals surface area contributed by atoms with Gasteiger partial charge in [0.25, 0.3) is 0 Å². The Morgan fingerprint density at radius 2 is 2.32 bits per heavy atom. The van der Waals surface area contributed by atoms with Crippen LogP contribution in [0.25, 0.3) is 0 Å². The topological polar surface area (TPSA) is 32.3 Å². The first-order valence-electron chi connectivity index (χ1n) is 7.41. The van der Waals surface area contributed by atoms with Crippen LogP contribution in [-0.2, 0) is 4.79 Å². The van der Waals surface area contributed by atoms with Gasteiger partial charge in [-0.2, -0.15) is 11.3 Å². The lowest BCUT2D eigenvalue weighted by Crippen LogP contribution is -2.43. The molecule has 0 spiro atoms. The Bertz CT molecular complexity index is 427. The lowest BCUT2D eigenvalue weighted by molar-refractivity contribution is -0.134. The molecule has 0 bridgehead atoms. The van der Waals surface area contributed by atoms with Crippen molar-refractivity contribution in [1.82, 2.24) is 10.2 Å². The second-order valence-corrected chi connectivity index (χ2v) is 6.43. The summed E-state index contributed by atoms with van der Waals surface area (Å²) < 4.78 is 0. The zero-order valence-corrected chi connectivity index (χ0v) is 12.3. The highest BCUT2D eigenvalue weighted by molar-refractivity contribution is 7.07. The summed E-state index contributed by atoms with van der Waals surface area (Å²) >= 11 is 1.71. The van der Waals surface area contributed by atoms with Crippen LogP contribution in [-0.4, -0.2) is 22.9 Å². The molecular formula is C15H22N2OS. The minimum absolute atomic E-state index is 0.0328. The summed E-state index contributed by atoms with van der Waals surface area (Å²) in [4.78, 5) is 14.7. The molecule has 1 aliphatic carbocycles. The van der Waals surface area contributed by atoms with E-state index < -0.39 is 0 Å². The van der Waals surface area contributed by atoms with Crippen LogP contribution in [0, 0.1) is 0 Å². The fourth-order valence-corrected chi connectivity index (χ4v) is 3.69. The Morgan fingerprint density at radius 3 is 2.89 bits per heavy atom. The van der Waals surface area contributed by atoms with Gasteiger partial charge in [-0.25, -0.2) is 0 Å². The summed E-state index contributed by atoms with van der Waals surface area (Å²) in [5.74, 6) is 0.328. The molecule has 1 aromatic rings. The van der Waals surface area contributed by atoms with Crippen LogP contribution >= 0.6 is 11.3 Å². The number of unbranched alkanes of at least 4 members (excludes halogenated alkanes) is 1. The second-order valence-electron chi connectivity index (χ2n) is 5.65. The molecule has 19 heavy (non-hydrogen) atoms. The highest BCUT2D eigenvalue weighted by Crippen LogP contribution is 2.36. The van der Waals surface area contributed by atoms with Gasteiger partial charge in [0.05, 0.1) is 6.04 Å². The van der Waals surface area contributed by atoms with E-state index in [4.69, 9.17) is 0 Å². The van der Waals surface area contributed by atoms with E-state index in [0.717, 1.165) is 19.3 Å². The van der Waals surface area contributed by atoms with E-state index in [1.807, 2.05) is 0 Å². The molecule has 1 saturated heterocycles. The van der Waals surface area contributed by atoms with Crippen LogP contribution in [0.4, 0.5) is 0 Å². The van der Waals surface area contributed by atoms with Crippen molar-refractivity contribution in [2.24, 2.45) is 0 Å². The predicted molar refractivity (Wildman–Crippen MR) is 78.0 cm³/mol. The molecule has 1 N–H and O–H groups in total. The average molecular weight is 278 g/mol. The van der Waals surface area contributed by atoms with Crippen molar-refractivity contribution in [1.29, 1.82) is 0 Å². The fraction of sp³-hybridized carbons (Fsp3) is 0.667. The van der Waals surface area contributed by atoms with Crippen LogP contribution in [0.1, 0.15) is 57.2 Å². The third-order valence-corrected chi connectivity index (χ3v) is 5.06. The van der Waals surface area contributed by atoms with Crippen molar-refractivity contribution in [2.75, 3.05) is 0 Å². The maximum absolute atomic E-state index is 12.6. The van der Waals surface area contributed by atoms with Gasteiger partial charge in [0, 0.05) is 6.04 Å². The van der Waals surface area contributed by atoms with E-state index in [1.54, 1.807) is 11.3 Å². The van der Waals surface area contributed by atoms with Crippen molar-refractivity contribution in [2.45, 2.75) is 63.7 Å². The fourth-order valence-electron chi connectivity index (χ4n) is 3.01. The Morgan fingerprint density at radius 1 is 1.47 bits per heavy atom. The van der Waals surface area contributed by atoms with Crippen molar-refractivity contribution in [3.8, 4) is 0 Å². The number of carbonyl (C=O) groups excluding carboxylic acids is 1. The smallest absolute Gasteiger partial charge is 0.241 e. The van der Waals surface area contributed by atoms with Gasteiger partial charge in [-0.1, -0.05) is 19.8 Å². The van der Waals surface area contributed by atoms with Crippen molar-refractivity contribution >= 4 is 17.2 Å². The number of thiophene rings is 1. The van der Waals surface area contributed by atoms with Gasteiger partial charge in [0.15, 0.2) is 0 Å². The minimum Gasteiger partial charge on any atom is -0.319 e. The van der Waals surface area contributed by atoms with Crippen molar-refractivity contribution < 1.29 is 4.79 Å². The summed E-state index contributed by atoms with van der Waals surface area (Å²) in [6, 6.07) is 2.64. The molecule has 2 unspecified atom stereocenters. The SMILES string of the molecule is CCCCC1NC(c2ccsc2)N(C2CCC2)C1=O. The molecule has 1 saturated carbocycles. The molecule has 1 amide bonds. The quantitative estimate of drug-likeness (QED) is 0.896. The Labute approximate surface area is 119 Å². The molecule has 1 aromatic heterocycles. The zero-order chi connectivity index (χ0) is 13.2. The molecule has 2 fully saturated rings. The van der Waals surface area contributed by atoms with Crippen LogP contribution in [0.3, 0.4) is 0 Å². The first-order valence-corrected chi connectivity index (χ1v) is 8.36. The number of nitrogens with one attached hydrogen (secondary N) is 1. The molecule has 2 heterocycles. The van der Waals surface area contributed by atoms with Crippen LogP contribution in [0.15, 0.2) is 16.8 Å². The van der Waals surface area contributed by atoms with Crippen molar-refractivity contribution in [3.63, 3.8) is 0 Å². The third-order valence-electron chi connectivity index (χ3n) is 4.36. The summed E-state index contributed by atoms with van der Waals surface area (Å²) in [5.41, 5.74) is 1.25. The Balaban J connectivity index is 1.78. The Kier molecular flexibility index (Phi) is 3.89. The first kappa shape index (κ1) is 13.1. The monoisotopic (exact) mass is 278 g/mol. The third kappa shape index (κ3) is 2.43. The summed E-state index contributed by atoms with van der Waals surface area (Å²) in [7, 11) is 0. The molecule has 2 atom stereocenters. The number of hydrogen-bond donors (Lipinski definition) is 1. The van der Waals surface area contributed by atoms with E-state index in [1.165, 1.54) is 24.8 Å². The lowest BCUT2D eigenvalue weighted by atomic mass is 9.90. The van der Waals surface area contributed by atoms with E-state index in [-0.39, 0.29) is 12.2 Å². The van der Waals surface area contributed by atoms with Gasteiger partial charge in [-0.05, 0) is 48.1 Å². The van der Waals surface area contributed by atoms with Crippen LogP contribution < -0.4 is 5.32 Å². The Hall–Kier alpha value is -0.870. The van der Waals surface area contributed by atoms with Gasteiger partial charge in [0.1, 0.15) is 6.17 Å². The molecule has 104 valence electrons. The van der Waals surface area contributed by atoms with Gasteiger partial charge in [-0.15, -0.1) is 0 Å². The van der Waals surface area contributed by atoms with Gasteiger partial charge >= 0.3 is 0 Å². The maximum Gasteiger partial charge on any atom is 0.241 e. The summed E-state index contributed by atoms with van der Waals surface area (Å²) in [5, 5.41) is 7.82. The zero-order valence-electron chi connectivity index (χ0n) is 11.5. The highest BCUT2D eigenvalue weighted by Gasteiger charge is 2.44. The number of nitrogens with zero attached hydrogens (tertiary/aromatic N) is 1. The van der Waals surface area contributed by atoms with Gasteiger partial charge in [0.2, 0.25) is 5.91 Å². The van der Waals surface area contributed by atoms with Gasteiger partial charge in [-0.3, -0.25) is 10.1 Å². The number of amides is 1. The molecule has 3 nitrogen and oxygen atoms in total. The molecular weight excluding hydrogens is 256 g/mol. The number of carbonyl (C=O) groups is 1. The standard InChI is InChI=1S/C15H22N2OS/c1-2-3-7-13-15(18)17(12-5-4-6-12)14(16-13)11-8-9-19-10-11/h8-10,12-14,16H,2-7H2,1H3. The molecule has 0 aromatic carbocycles. The van der Waals surface area contributed by atoms with Crippen LogP contribution in [0.2, 0.25) is 0 Å². The normalized spacial score (nSPS) is 27.8. The molecule has 0 radical (unpaired) electrons. The van der Waals surface area contributed by atoms with E-state index >= 15 is 0 Å². The average Bonchev–Trinajstić information content (AvgIpc) is 2.96. The number of hydrogen-bond acceptors (Lipinski definition) is 3. The molecule has 3 rings (SSSR count). The largest absolute Gasteiger partial charge is 0.319 e. The summed E-state index contributed by atoms with van der Waals surface area (Å²) in [6.45, 7) is 2.18.